The Kier molecular flexibility index (Phi) is 6.18. The highest BCUT2D eigenvalue weighted by Gasteiger charge is 2.32. The van der Waals surface area contributed by atoms with E-state index in [4.69, 9.17) is 0 Å². The molecule has 2 aromatic rings. The lowest BCUT2D eigenvalue weighted by atomic mass is 10.0. The Labute approximate surface area is 177 Å². The molecule has 0 aromatic carbocycles. The Balaban J connectivity index is 1.32. The molecule has 1 saturated heterocycles. The molecule has 160 valence electrons. The molecule has 0 bridgehead atoms. The maximum Gasteiger partial charge on any atom is 0.269 e. The van der Waals surface area contributed by atoms with E-state index in [1.54, 1.807) is 19.3 Å². The minimum atomic E-state index is -0.159. The van der Waals surface area contributed by atoms with Crippen LogP contribution in [0.1, 0.15) is 53.8 Å². The summed E-state index contributed by atoms with van der Waals surface area (Å²) in [6.07, 6.45) is 6.00. The van der Waals surface area contributed by atoms with Gasteiger partial charge in [-0.15, -0.1) is 0 Å². The van der Waals surface area contributed by atoms with Crippen LogP contribution in [0, 0.1) is 0 Å². The fraction of sp³-hybridized carbons (Fsp3) is 0.522. The maximum atomic E-state index is 12.2. The van der Waals surface area contributed by atoms with E-state index in [0.717, 1.165) is 62.4 Å². The number of nitrogens with zero attached hydrogens (tertiary/aromatic N) is 3. The van der Waals surface area contributed by atoms with Gasteiger partial charge < -0.3 is 15.2 Å². The summed E-state index contributed by atoms with van der Waals surface area (Å²) in [6.45, 7) is 6.00. The second-order valence-electron chi connectivity index (χ2n) is 8.29. The van der Waals surface area contributed by atoms with Crippen LogP contribution in [0.3, 0.4) is 0 Å². The summed E-state index contributed by atoms with van der Waals surface area (Å²) in [5.41, 5.74) is 3.55. The van der Waals surface area contributed by atoms with Crippen LogP contribution in [0.5, 0.6) is 0 Å². The second-order valence-corrected chi connectivity index (χ2v) is 8.29. The van der Waals surface area contributed by atoms with Crippen molar-refractivity contribution < 1.29 is 4.79 Å². The number of hydrogen-bond donors (Lipinski definition) is 2. The summed E-state index contributed by atoms with van der Waals surface area (Å²) >= 11 is 0. The highest BCUT2D eigenvalue weighted by atomic mass is 16.1. The number of carbonyl (C=O) groups excluding carboxylic acids is 1. The van der Waals surface area contributed by atoms with E-state index in [1.165, 1.54) is 6.42 Å². The Bertz CT molecular complexity index is 931. The van der Waals surface area contributed by atoms with E-state index in [1.807, 2.05) is 19.1 Å². The first kappa shape index (κ1) is 20.6. The predicted octanol–water partition coefficient (Wildman–Crippen LogP) is 2.15. The molecule has 2 aliphatic rings. The van der Waals surface area contributed by atoms with Crippen molar-refractivity contribution in [1.29, 1.82) is 0 Å². The Morgan fingerprint density at radius 2 is 1.97 bits per heavy atom. The predicted molar refractivity (Wildman–Crippen MR) is 118 cm³/mol. The van der Waals surface area contributed by atoms with Crippen molar-refractivity contribution in [2.24, 2.45) is 0 Å². The largest absolute Gasteiger partial charge is 0.368 e. The first-order chi connectivity index (χ1) is 14.6. The quantitative estimate of drug-likeness (QED) is 0.791. The van der Waals surface area contributed by atoms with E-state index in [0.29, 0.717) is 17.7 Å². The molecule has 2 N–H and O–H groups in total. The van der Waals surface area contributed by atoms with Gasteiger partial charge in [0.15, 0.2) is 0 Å². The SMILES string of the molecule is CCc1ccc([C@@H]2CC[C@H](N3CCN(c4ccc(C(=O)NC)nc4)CC3)C2)[nH]c1=O. The van der Waals surface area contributed by atoms with E-state index in [-0.39, 0.29) is 11.5 Å². The third-order valence-corrected chi connectivity index (χ3v) is 6.64. The molecule has 1 aliphatic carbocycles. The summed E-state index contributed by atoms with van der Waals surface area (Å²) < 4.78 is 0. The van der Waals surface area contributed by atoms with Crippen LogP contribution < -0.4 is 15.8 Å². The van der Waals surface area contributed by atoms with E-state index >= 15 is 0 Å². The zero-order valence-electron chi connectivity index (χ0n) is 17.9. The van der Waals surface area contributed by atoms with Crippen molar-refractivity contribution in [2.45, 2.75) is 44.6 Å². The monoisotopic (exact) mass is 409 g/mol. The fourth-order valence-electron chi connectivity index (χ4n) is 4.79. The van der Waals surface area contributed by atoms with Gasteiger partial charge >= 0.3 is 0 Å². The molecule has 0 spiro atoms. The maximum absolute atomic E-state index is 12.2. The number of hydrogen-bond acceptors (Lipinski definition) is 5. The van der Waals surface area contributed by atoms with Gasteiger partial charge in [-0.2, -0.15) is 0 Å². The lowest BCUT2D eigenvalue weighted by molar-refractivity contribution is 0.0958. The smallest absolute Gasteiger partial charge is 0.269 e. The third kappa shape index (κ3) is 4.26. The highest BCUT2D eigenvalue weighted by molar-refractivity contribution is 5.92. The average molecular weight is 410 g/mol. The van der Waals surface area contributed by atoms with Crippen LogP contribution in [-0.2, 0) is 6.42 Å². The Hall–Kier alpha value is -2.67. The van der Waals surface area contributed by atoms with Crippen molar-refractivity contribution in [2.75, 3.05) is 38.1 Å². The number of nitrogens with one attached hydrogen (secondary N) is 2. The molecule has 2 atom stereocenters. The van der Waals surface area contributed by atoms with Crippen molar-refractivity contribution in [3.63, 3.8) is 0 Å². The normalized spacial score (nSPS) is 22.3. The molecule has 0 radical (unpaired) electrons. The number of pyridine rings is 2. The van der Waals surface area contributed by atoms with Gasteiger partial charge in [-0.25, -0.2) is 4.98 Å². The summed E-state index contributed by atoms with van der Waals surface area (Å²) in [5, 5.41) is 2.60. The Morgan fingerprint density at radius 1 is 1.17 bits per heavy atom. The molecular weight excluding hydrogens is 378 g/mol. The molecule has 4 rings (SSSR count). The first-order valence-corrected chi connectivity index (χ1v) is 11.0. The number of aryl methyl sites for hydroxylation is 1. The number of aromatic amines is 1. The van der Waals surface area contributed by atoms with Crippen molar-refractivity contribution >= 4 is 11.6 Å². The van der Waals surface area contributed by atoms with Crippen molar-refractivity contribution in [3.05, 3.63) is 57.8 Å². The molecule has 30 heavy (non-hydrogen) atoms. The summed E-state index contributed by atoms with van der Waals surface area (Å²) in [5.74, 6) is 0.293. The zero-order chi connectivity index (χ0) is 21.1. The minimum absolute atomic E-state index is 0.0723. The van der Waals surface area contributed by atoms with Crippen LogP contribution in [0.25, 0.3) is 0 Å². The summed E-state index contributed by atoms with van der Waals surface area (Å²) in [6, 6.07) is 8.45. The highest BCUT2D eigenvalue weighted by Crippen LogP contribution is 2.36. The summed E-state index contributed by atoms with van der Waals surface area (Å²) in [4.78, 5) is 36.2. The number of piperazine rings is 1. The molecule has 1 aliphatic heterocycles. The minimum Gasteiger partial charge on any atom is -0.368 e. The molecule has 7 nitrogen and oxygen atoms in total. The molecule has 1 saturated carbocycles. The number of H-pyrrole nitrogens is 1. The molecule has 2 fully saturated rings. The molecule has 0 unspecified atom stereocenters. The number of aromatic nitrogens is 2. The zero-order valence-corrected chi connectivity index (χ0v) is 17.9. The van der Waals surface area contributed by atoms with Crippen LogP contribution in [0.2, 0.25) is 0 Å². The topological polar surface area (TPSA) is 81.3 Å². The van der Waals surface area contributed by atoms with Crippen LogP contribution in [0.4, 0.5) is 5.69 Å². The second kappa shape index (κ2) is 9.00. The van der Waals surface area contributed by atoms with Gasteiger partial charge in [0.1, 0.15) is 5.69 Å². The average Bonchev–Trinajstić information content (AvgIpc) is 3.29. The van der Waals surface area contributed by atoms with Gasteiger partial charge in [0.25, 0.3) is 11.5 Å². The molecule has 7 heteroatoms. The lowest BCUT2D eigenvalue weighted by Crippen LogP contribution is -2.49. The van der Waals surface area contributed by atoms with Gasteiger partial charge in [0.2, 0.25) is 0 Å². The van der Waals surface area contributed by atoms with Gasteiger partial charge in [-0.1, -0.05) is 13.0 Å². The van der Waals surface area contributed by atoms with Crippen molar-refractivity contribution in [1.82, 2.24) is 20.2 Å². The third-order valence-electron chi connectivity index (χ3n) is 6.64. The van der Waals surface area contributed by atoms with Crippen LogP contribution in [-0.4, -0.2) is 60.0 Å². The number of anilines is 1. The molecule has 1 amide bonds. The van der Waals surface area contributed by atoms with Crippen molar-refractivity contribution in [3.8, 4) is 0 Å². The van der Waals surface area contributed by atoms with E-state index < -0.39 is 0 Å². The first-order valence-electron chi connectivity index (χ1n) is 11.0. The van der Waals surface area contributed by atoms with E-state index in [2.05, 4.69) is 31.2 Å². The number of amides is 1. The van der Waals surface area contributed by atoms with E-state index in [9.17, 15) is 9.59 Å². The fourth-order valence-corrected chi connectivity index (χ4v) is 4.79. The molecule has 2 aromatic heterocycles. The molecular formula is C23H31N5O2. The standard InChI is InChI=1S/C23H31N5O2/c1-3-16-5-8-20(26-22(16)29)17-4-6-18(14-17)27-10-12-28(13-11-27)19-7-9-21(25-15-19)23(30)24-2/h5,7-9,15,17-18H,3-4,6,10-14H2,1-2H3,(H,24,30)(H,26,29)/t17-,18+/m1/s1. The van der Waals surface area contributed by atoms with Crippen LogP contribution >= 0.6 is 0 Å². The van der Waals surface area contributed by atoms with Gasteiger partial charge in [-0.05, 0) is 43.9 Å². The van der Waals surface area contributed by atoms with Gasteiger partial charge in [0.05, 0.1) is 11.9 Å². The number of carbonyl (C=O) groups is 1. The van der Waals surface area contributed by atoms with Gasteiger partial charge in [-0.3, -0.25) is 14.5 Å². The Morgan fingerprint density at radius 3 is 2.60 bits per heavy atom. The number of rotatable bonds is 5. The molecule has 3 heterocycles. The van der Waals surface area contributed by atoms with Gasteiger partial charge in [0, 0.05) is 56.4 Å². The van der Waals surface area contributed by atoms with Crippen LogP contribution in [0.15, 0.2) is 35.3 Å². The summed E-state index contributed by atoms with van der Waals surface area (Å²) in [7, 11) is 1.61. The lowest BCUT2D eigenvalue weighted by Gasteiger charge is -2.39.